The topological polar surface area (TPSA) is 30.7 Å². The van der Waals surface area contributed by atoms with Crippen LogP contribution in [0.3, 0.4) is 0 Å². The fourth-order valence-corrected chi connectivity index (χ4v) is 11.0. The van der Waals surface area contributed by atoms with E-state index >= 15 is 0 Å². The van der Waals surface area contributed by atoms with Crippen molar-refractivity contribution in [2.45, 2.75) is 0 Å². The fourth-order valence-electron chi connectivity index (χ4n) is 9.79. The highest BCUT2D eigenvalue weighted by molar-refractivity contribution is 7.27. The molecular weight excluding hydrogens is 771 g/mol. The number of hydrogen-bond acceptors (Lipinski definition) is 3. The zero-order chi connectivity index (χ0) is 40.7. The Morgan fingerprint density at radius 3 is 1.35 bits per heavy atom. The van der Waals surface area contributed by atoms with Gasteiger partial charge in [-0.15, -0.1) is 11.3 Å². The molecule has 288 valence electrons. The van der Waals surface area contributed by atoms with Crippen LogP contribution in [0.4, 0.5) is 0 Å². The van der Waals surface area contributed by atoms with E-state index in [-0.39, 0.29) is 0 Å². The molecule has 0 aliphatic rings. The van der Waals surface area contributed by atoms with Gasteiger partial charge in [-0.25, -0.2) is 9.97 Å². The number of hydrogen-bond donors (Lipinski definition) is 0. The second kappa shape index (κ2) is 13.8. The lowest BCUT2D eigenvalue weighted by molar-refractivity contribution is 1.00. The highest BCUT2D eigenvalue weighted by Gasteiger charge is 2.27. The van der Waals surface area contributed by atoms with Gasteiger partial charge in [0.1, 0.15) is 0 Å². The van der Waals surface area contributed by atoms with Crippen LogP contribution < -0.4 is 0 Å². The van der Waals surface area contributed by atoms with Crippen molar-refractivity contribution in [1.82, 2.24) is 14.5 Å². The molecule has 0 atom stereocenters. The third kappa shape index (κ3) is 5.30. The van der Waals surface area contributed by atoms with E-state index in [1.165, 1.54) is 85.5 Å². The van der Waals surface area contributed by atoms with Crippen LogP contribution in [0.2, 0.25) is 0 Å². The molecule has 62 heavy (non-hydrogen) atoms. The molecule has 3 nitrogen and oxygen atoms in total. The van der Waals surface area contributed by atoms with E-state index in [0.29, 0.717) is 5.95 Å². The first-order valence-electron chi connectivity index (χ1n) is 21.1. The number of benzene rings is 10. The van der Waals surface area contributed by atoms with Crippen LogP contribution in [0.5, 0.6) is 0 Å². The fraction of sp³-hybridized carbons (Fsp3) is 0. The Morgan fingerprint density at radius 1 is 0.306 bits per heavy atom. The summed E-state index contributed by atoms with van der Waals surface area (Å²) in [6.45, 7) is 0. The summed E-state index contributed by atoms with van der Waals surface area (Å²) >= 11 is 1.89. The van der Waals surface area contributed by atoms with Gasteiger partial charge in [-0.1, -0.05) is 194 Å². The van der Waals surface area contributed by atoms with Gasteiger partial charge >= 0.3 is 0 Å². The normalized spacial score (nSPS) is 11.9. The second-order valence-corrected chi connectivity index (χ2v) is 17.1. The first-order chi connectivity index (χ1) is 30.8. The van der Waals surface area contributed by atoms with Crippen LogP contribution in [-0.2, 0) is 0 Å². The molecule has 0 fully saturated rings. The molecule has 0 unspecified atom stereocenters. The molecule has 3 heterocycles. The van der Waals surface area contributed by atoms with Gasteiger partial charge in [-0.2, -0.15) is 0 Å². The molecule has 13 rings (SSSR count). The molecule has 4 heteroatoms. The van der Waals surface area contributed by atoms with Crippen molar-refractivity contribution in [1.29, 1.82) is 0 Å². The van der Waals surface area contributed by atoms with Crippen molar-refractivity contribution >= 4 is 85.6 Å². The Labute approximate surface area is 361 Å². The number of fused-ring (bicyclic) bond motifs is 15. The van der Waals surface area contributed by atoms with Crippen LogP contribution in [0, 0.1) is 0 Å². The molecule has 0 N–H and O–H groups in total. The molecule has 0 bridgehead atoms. The van der Waals surface area contributed by atoms with Gasteiger partial charge in [-0.05, 0) is 56.6 Å². The van der Waals surface area contributed by atoms with Crippen molar-refractivity contribution in [2.24, 2.45) is 0 Å². The van der Waals surface area contributed by atoms with Crippen molar-refractivity contribution in [3.8, 4) is 50.7 Å². The van der Waals surface area contributed by atoms with Gasteiger partial charge in [-0.3, -0.25) is 4.57 Å². The van der Waals surface area contributed by atoms with Crippen LogP contribution in [0.15, 0.2) is 212 Å². The van der Waals surface area contributed by atoms with E-state index in [9.17, 15) is 0 Å². The number of aromatic nitrogens is 3. The van der Waals surface area contributed by atoms with Gasteiger partial charge in [0.25, 0.3) is 0 Å². The minimum atomic E-state index is 0.647. The average Bonchev–Trinajstić information content (AvgIpc) is 3.92. The third-order valence-corrected chi connectivity index (χ3v) is 13.8. The van der Waals surface area contributed by atoms with Crippen molar-refractivity contribution in [3.63, 3.8) is 0 Å². The minimum Gasteiger partial charge on any atom is -0.277 e. The van der Waals surface area contributed by atoms with Crippen LogP contribution >= 0.6 is 11.3 Å². The lowest BCUT2D eigenvalue weighted by atomic mass is 9.93. The summed E-state index contributed by atoms with van der Waals surface area (Å²) in [4.78, 5) is 11.1. The lowest BCUT2D eigenvalue weighted by Crippen LogP contribution is -2.04. The first-order valence-corrected chi connectivity index (χ1v) is 21.9. The number of nitrogens with zero attached hydrogens (tertiary/aromatic N) is 3. The van der Waals surface area contributed by atoms with Gasteiger partial charge in [0.2, 0.25) is 5.95 Å². The van der Waals surface area contributed by atoms with Crippen LogP contribution in [0.1, 0.15) is 0 Å². The molecule has 0 spiro atoms. The molecule has 0 saturated carbocycles. The Bertz CT molecular complexity index is 3830. The van der Waals surface area contributed by atoms with Gasteiger partial charge < -0.3 is 0 Å². The molecular formula is C58H35N3S. The first kappa shape index (κ1) is 34.9. The maximum Gasteiger partial charge on any atom is 0.235 e. The summed E-state index contributed by atoms with van der Waals surface area (Å²) in [6, 6.07) is 76.5. The van der Waals surface area contributed by atoms with E-state index in [2.05, 4.69) is 217 Å². The summed E-state index contributed by atoms with van der Waals surface area (Å²) in [5.74, 6) is 0.647. The molecule has 3 aromatic heterocycles. The van der Waals surface area contributed by atoms with E-state index in [0.717, 1.165) is 33.5 Å². The molecule has 0 saturated heterocycles. The Balaban J connectivity index is 1.21. The van der Waals surface area contributed by atoms with Gasteiger partial charge in [0, 0.05) is 58.2 Å². The van der Waals surface area contributed by atoms with Crippen LogP contribution in [0.25, 0.3) is 125 Å². The summed E-state index contributed by atoms with van der Waals surface area (Å²) in [5.41, 5.74) is 10.9. The van der Waals surface area contributed by atoms with Crippen molar-refractivity contribution < 1.29 is 0 Å². The predicted octanol–water partition coefficient (Wildman–Crippen LogP) is 16.1. The molecule has 13 aromatic rings. The van der Waals surface area contributed by atoms with Gasteiger partial charge in [0.15, 0.2) is 0 Å². The standard InChI is InChI=1S/C58H35N3S/c1-4-16-36(17-5-1)37-28-30-38(31-29-37)41-32-33-51-48(34-41)53-54-52-44-24-12-10-22-42(44)43-23-11-13-25-45(43)55(52)61(56(54)46-26-14-15-27-47(46)57(53)62-51)58-59-49(39-18-6-2-7-19-39)35-50(60-58)40-20-8-3-9-21-40/h1-35H. The largest absolute Gasteiger partial charge is 0.277 e. The summed E-state index contributed by atoms with van der Waals surface area (Å²) < 4.78 is 4.96. The summed E-state index contributed by atoms with van der Waals surface area (Å²) in [6.07, 6.45) is 0. The maximum absolute atomic E-state index is 5.53. The van der Waals surface area contributed by atoms with Crippen molar-refractivity contribution in [2.75, 3.05) is 0 Å². The van der Waals surface area contributed by atoms with E-state index in [1.807, 2.05) is 11.3 Å². The highest BCUT2D eigenvalue weighted by Crippen LogP contribution is 2.51. The monoisotopic (exact) mass is 805 g/mol. The Morgan fingerprint density at radius 2 is 0.742 bits per heavy atom. The third-order valence-electron chi connectivity index (χ3n) is 12.6. The Kier molecular flexibility index (Phi) is 7.78. The highest BCUT2D eigenvalue weighted by atomic mass is 32.1. The SMILES string of the molecule is c1ccc(-c2ccc(-c3ccc4sc5c6ccccc6c6c(c5c4c3)c3c4ccccc4c4ccccc4c3n6-c3nc(-c4ccccc4)cc(-c4ccccc4)n3)cc2)cc1. The maximum atomic E-state index is 5.53. The minimum absolute atomic E-state index is 0.647. The van der Waals surface area contributed by atoms with E-state index in [1.54, 1.807) is 0 Å². The molecule has 10 aromatic carbocycles. The Hall–Kier alpha value is -7.92. The smallest absolute Gasteiger partial charge is 0.235 e. The molecule has 0 amide bonds. The van der Waals surface area contributed by atoms with Crippen LogP contribution in [-0.4, -0.2) is 14.5 Å². The quantitative estimate of drug-likeness (QED) is 0.162. The number of rotatable bonds is 5. The zero-order valence-corrected chi connectivity index (χ0v) is 34.3. The zero-order valence-electron chi connectivity index (χ0n) is 33.5. The predicted molar refractivity (Wildman–Crippen MR) is 264 cm³/mol. The summed E-state index contributed by atoms with van der Waals surface area (Å²) in [7, 11) is 0. The molecule has 0 radical (unpaired) electrons. The number of thiophene rings is 1. The molecule has 0 aliphatic carbocycles. The van der Waals surface area contributed by atoms with Gasteiger partial charge in [0.05, 0.1) is 22.4 Å². The van der Waals surface area contributed by atoms with E-state index in [4.69, 9.17) is 9.97 Å². The second-order valence-electron chi connectivity index (χ2n) is 16.1. The molecule has 0 aliphatic heterocycles. The lowest BCUT2D eigenvalue weighted by Gasteiger charge is -2.14. The van der Waals surface area contributed by atoms with E-state index < -0.39 is 0 Å². The van der Waals surface area contributed by atoms with Crippen molar-refractivity contribution in [3.05, 3.63) is 212 Å². The summed E-state index contributed by atoms with van der Waals surface area (Å²) in [5, 5.41) is 12.2. The average molecular weight is 806 g/mol.